The molecular weight excluding hydrogens is 308 g/mol. The minimum atomic E-state index is -0.367. The second-order valence-corrected chi connectivity index (χ2v) is 5.59. The first-order valence-electron chi connectivity index (χ1n) is 6.42. The zero-order valence-electron chi connectivity index (χ0n) is 11.6. The molecule has 1 unspecified atom stereocenters. The van der Waals surface area contributed by atoms with E-state index in [1.807, 2.05) is 19.2 Å². The molecule has 0 bridgehead atoms. The molecule has 2 N–H and O–H groups in total. The number of hydrogen-bond acceptors (Lipinski definition) is 4. The zero-order valence-corrected chi connectivity index (χ0v) is 13.2. The molecule has 1 aromatic carbocycles. The summed E-state index contributed by atoms with van der Waals surface area (Å²) < 4.78 is 6.02. The molecular formula is C14H23BrN2O2. The van der Waals surface area contributed by atoms with Gasteiger partial charge in [-0.2, -0.15) is 0 Å². The Morgan fingerprint density at radius 3 is 2.95 bits per heavy atom. The molecule has 0 radical (unpaired) electrons. The van der Waals surface area contributed by atoms with Gasteiger partial charge in [-0.15, -0.1) is 0 Å². The van der Waals surface area contributed by atoms with Gasteiger partial charge in [0.2, 0.25) is 0 Å². The monoisotopic (exact) mass is 330 g/mol. The van der Waals surface area contributed by atoms with Crippen LogP contribution in [0.15, 0.2) is 28.7 Å². The highest BCUT2D eigenvalue weighted by Crippen LogP contribution is 2.12. The van der Waals surface area contributed by atoms with Gasteiger partial charge in [-0.05, 0) is 24.7 Å². The van der Waals surface area contributed by atoms with Crippen molar-refractivity contribution >= 4 is 15.9 Å². The standard InChI is InChI=1S/C14H23BrN2O2/c1-17(10-12-4-3-5-13(15)8-12)11-14(18)9-16-6-7-19-2/h3-5,8,14,16,18H,6-7,9-11H2,1-2H3. The van der Waals surface area contributed by atoms with Crippen molar-refractivity contribution in [1.29, 1.82) is 0 Å². The van der Waals surface area contributed by atoms with E-state index in [0.717, 1.165) is 17.6 Å². The Morgan fingerprint density at radius 2 is 2.26 bits per heavy atom. The van der Waals surface area contributed by atoms with E-state index in [1.54, 1.807) is 7.11 Å². The van der Waals surface area contributed by atoms with Gasteiger partial charge in [-0.1, -0.05) is 28.1 Å². The third-order valence-corrected chi connectivity index (χ3v) is 3.22. The highest BCUT2D eigenvalue weighted by molar-refractivity contribution is 9.10. The van der Waals surface area contributed by atoms with Gasteiger partial charge in [0.05, 0.1) is 12.7 Å². The van der Waals surface area contributed by atoms with Crippen molar-refractivity contribution in [3.05, 3.63) is 34.3 Å². The van der Waals surface area contributed by atoms with E-state index in [9.17, 15) is 5.11 Å². The summed E-state index contributed by atoms with van der Waals surface area (Å²) in [7, 11) is 3.68. The highest BCUT2D eigenvalue weighted by Gasteiger charge is 2.08. The summed E-state index contributed by atoms with van der Waals surface area (Å²) in [6, 6.07) is 8.22. The van der Waals surface area contributed by atoms with E-state index < -0.39 is 0 Å². The molecule has 0 spiro atoms. The lowest BCUT2D eigenvalue weighted by molar-refractivity contribution is 0.117. The van der Waals surface area contributed by atoms with E-state index in [-0.39, 0.29) is 6.10 Å². The van der Waals surface area contributed by atoms with Crippen molar-refractivity contribution in [3.8, 4) is 0 Å². The average Bonchev–Trinajstić information content (AvgIpc) is 2.34. The second-order valence-electron chi connectivity index (χ2n) is 4.68. The van der Waals surface area contributed by atoms with Gasteiger partial charge in [0, 0.05) is 37.8 Å². The number of aliphatic hydroxyl groups is 1. The zero-order chi connectivity index (χ0) is 14.1. The summed E-state index contributed by atoms with van der Waals surface area (Å²) in [5.41, 5.74) is 1.23. The number of hydrogen-bond donors (Lipinski definition) is 2. The summed E-state index contributed by atoms with van der Waals surface area (Å²) in [5.74, 6) is 0. The third-order valence-electron chi connectivity index (χ3n) is 2.73. The molecule has 1 atom stereocenters. The van der Waals surface area contributed by atoms with E-state index in [1.165, 1.54) is 5.56 Å². The second kappa shape index (κ2) is 9.44. The fourth-order valence-electron chi connectivity index (χ4n) is 1.88. The first kappa shape index (κ1) is 16.6. The highest BCUT2D eigenvalue weighted by atomic mass is 79.9. The third kappa shape index (κ3) is 7.64. The van der Waals surface area contributed by atoms with Crippen LogP contribution in [-0.2, 0) is 11.3 Å². The van der Waals surface area contributed by atoms with Crippen LogP contribution in [0, 0.1) is 0 Å². The van der Waals surface area contributed by atoms with Gasteiger partial charge in [0.1, 0.15) is 0 Å². The maximum absolute atomic E-state index is 9.90. The summed E-state index contributed by atoms with van der Waals surface area (Å²) >= 11 is 3.46. The van der Waals surface area contributed by atoms with Crippen LogP contribution in [0.5, 0.6) is 0 Å². The number of nitrogens with zero attached hydrogens (tertiary/aromatic N) is 1. The smallest absolute Gasteiger partial charge is 0.0791 e. The van der Waals surface area contributed by atoms with Crippen molar-refractivity contribution in [2.24, 2.45) is 0 Å². The van der Waals surface area contributed by atoms with Crippen LogP contribution in [0.1, 0.15) is 5.56 Å². The number of methoxy groups -OCH3 is 1. The minimum absolute atomic E-state index is 0.367. The van der Waals surface area contributed by atoms with E-state index >= 15 is 0 Å². The molecule has 1 aromatic rings. The Bertz CT molecular complexity index is 363. The molecule has 0 aliphatic rings. The predicted molar refractivity (Wildman–Crippen MR) is 81.2 cm³/mol. The summed E-state index contributed by atoms with van der Waals surface area (Å²) in [5, 5.41) is 13.1. The fraction of sp³-hybridized carbons (Fsp3) is 0.571. The van der Waals surface area contributed by atoms with E-state index in [0.29, 0.717) is 19.7 Å². The van der Waals surface area contributed by atoms with Crippen LogP contribution in [0.25, 0.3) is 0 Å². The maximum Gasteiger partial charge on any atom is 0.0791 e. The lowest BCUT2D eigenvalue weighted by atomic mass is 10.2. The molecule has 108 valence electrons. The van der Waals surface area contributed by atoms with Crippen molar-refractivity contribution in [2.75, 3.05) is 40.4 Å². The number of likely N-dealkylation sites (N-methyl/N-ethyl adjacent to an activating group) is 1. The van der Waals surface area contributed by atoms with Gasteiger partial charge < -0.3 is 15.2 Å². The summed E-state index contributed by atoms with van der Waals surface area (Å²) in [4.78, 5) is 2.12. The van der Waals surface area contributed by atoms with Crippen LogP contribution in [0.3, 0.4) is 0 Å². The van der Waals surface area contributed by atoms with Crippen LogP contribution < -0.4 is 5.32 Å². The molecule has 19 heavy (non-hydrogen) atoms. The molecule has 0 saturated carbocycles. The molecule has 0 aliphatic carbocycles. The van der Waals surface area contributed by atoms with Gasteiger partial charge in [-0.25, -0.2) is 0 Å². The van der Waals surface area contributed by atoms with E-state index in [2.05, 4.69) is 38.3 Å². The number of aliphatic hydroxyl groups excluding tert-OH is 1. The lowest BCUT2D eigenvalue weighted by Gasteiger charge is -2.21. The van der Waals surface area contributed by atoms with Crippen molar-refractivity contribution in [3.63, 3.8) is 0 Å². The molecule has 0 amide bonds. The predicted octanol–water partition coefficient (Wildman–Crippen LogP) is 1.48. The first-order chi connectivity index (χ1) is 9.11. The molecule has 1 rings (SSSR count). The number of halogens is 1. The number of ether oxygens (including phenoxy) is 1. The van der Waals surface area contributed by atoms with Gasteiger partial charge >= 0.3 is 0 Å². The van der Waals surface area contributed by atoms with Crippen molar-refractivity contribution in [1.82, 2.24) is 10.2 Å². The van der Waals surface area contributed by atoms with Gasteiger partial charge in [-0.3, -0.25) is 4.90 Å². The van der Waals surface area contributed by atoms with Crippen LogP contribution in [0.2, 0.25) is 0 Å². The number of rotatable bonds is 9. The first-order valence-corrected chi connectivity index (χ1v) is 7.22. The summed E-state index contributed by atoms with van der Waals surface area (Å²) in [6.45, 7) is 3.50. The molecule has 0 heterocycles. The molecule has 0 fully saturated rings. The SMILES string of the molecule is COCCNCC(O)CN(C)Cc1cccc(Br)c1. The van der Waals surface area contributed by atoms with Gasteiger partial charge in [0.25, 0.3) is 0 Å². The molecule has 5 heteroatoms. The summed E-state index contributed by atoms with van der Waals surface area (Å²) in [6.07, 6.45) is -0.367. The van der Waals surface area contributed by atoms with Crippen LogP contribution in [0.4, 0.5) is 0 Å². The fourth-order valence-corrected chi connectivity index (χ4v) is 2.33. The molecule has 0 saturated heterocycles. The van der Waals surface area contributed by atoms with Crippen LogP contribution >= 0.6 is 15.9 Å². The molecule has 4 nitrogen and oxygen atoms in total. The van der Waals surface area contributed by atoms with Crippen LogP contribution in [-0.4, -0.2) is 56.5 Å². The number of nitrogens with one attached hydrogen (secondary N) is 1. The molecule has 0 aliphatic heterocycles. The largest absolute Gasteiger partial charge is 0.390 e. The van der Waals surface area contributed by atoms with E-state index in [4.69, 9.17) is 4.74 Å². The topological polar surface area (TPSA) is 44.7 Å². The normalized spacial score (nSPS) is 12.9. The lowest BCUT2D eigenvalue weighted by Crippen LogP contribution is -2.37. The Morgan fingerprint density at radius 1 is 1.47 bits per heavy atom. The molecule has 0 aromatic heterocycles. The number of benzene rings is 1. The van der Waals surface area contributed by atoms with Gasteiger partial charge in [0.15, 0.2) is 0 Å². The van der Waals surface area contributed by atoms with Crippen molar-refractivity contribution in [2.45, 2.75) is 12.6 Å². The Kier molecular flexibility index (Phi) is 8.25. The Labute approximate surface area is 123 Å². The average molecular weight is 331 g/mol. The quantitative estimate of drug-likeness (QED) is 0.673. The maximum atomic E-state index is 9.90. The van der Waals surface area contributed by atoms with Crippen molar-refractivity contribution < 1.29 is 9.84 Å². The minimum Gasteiger partial charge on any atom is -0.390 e. The Balaban J connectivity index is 2.24. The Hall–Kier alpha value is -0.460.